The van der Waals surface area contributed by atoms with Gasteiger partial charge in [0.05, 0.1) is 6.10 Å². The van der Waals surface area contributed by atoms with Crippen molar-refractivity contribution in [3.63, 3.8) is 0 Å². The average molecular weight is 144 g/mol. The fourth-order valence-corrected chi connectivity index (χ4v) is 1.25. The van der Waals surface area contributed by atoms with Crippen molar-refractivity contribution in [2.24, 2.45) is 5.92 Å². The van der Waals surface area contributed by atoms with Crippen molar-refractivity contribution >= 4 is 0 Å². The molecule has 0 saturated heterocycles. The zero-order chi connectivity index (χ0) is 7.98. The molecule has 10 heavy (non-hydrogen) atoms. The minimum Gasteiger partial charge on any atom is -0.393 e. The van der Waals surface area contributed by atoms with Gasteiger partial charge in [0.1, 0.15) is 0 Å². The van der Waals surface area contributed by atoms with Gasteiger partial charge in [-0.15, -0.1) is 0 Å². The molecule has 0 unspecified atom stereocenters. The molecule has 1 heteroatoms. The molecule has 0 aromatic rings. The van der Waals surface area contributed by atoms with Gasteiger partial charge >= 0.3 is 0 Å². The van der Waals surface area contributed by atoms with E-state index in [-0.39, 0.29) is 6.10 Å². The van der Waals surface area contributed by atoms with Gasteiger partial charge in [-0.2, -0.15) is 0 Å². The maximum Gasteiger partial charge on any atom is 0.0540 e. The highest BCUT2D eigenvalue weighted by Gasteiger charge is 2.10. The van der Waals surface area contributed by atoms with Crippen LogP contribution in [0.4, 0.5) is 0 Å². The normalized spacial score (nSPS) is 16.8. The zero-order valence-electron chi connectivity index (χ0n) is 7.43. The summed E-state index contributed by atoms with van der Waals surface area (Å²) >= 11 is 0. The number of hydrogen-bond donors (Lipinski definition) is 1. The van der Waals surface area contributed by atoms with Crippen LogP contribution >= 0.6 is 0 Å². The minimum atomic E-state index is -0.114. The van der Waals surface area contributed by atoms with Gasteiger partial charge in [0.2, 0.25) is 0 Å². The first-order valence-corrected chi connectivity index (χ1v) is 4.40. The Morgan fingerprint density at radius 1 is 1.30 bits per heavy atom. The minimum absolute atomic E-state index is 0.114. The summed E-state index contributed by atoms with van der Waals surface area (Å²) in [5.74, 6) is 0.528. The van der Waals surface area contributed by atoms with Gasteiger partial charge in [-0.05, 0) is 19.3 Å². The molecule has 0 bridgehead atoms. The van der Waals surface area contributed by atoms with E-state index in [9.17, 15) is 5.11 Å². The SMILES string of the molecule is CCCC[C@@H](CC)[C@H](C)O. The van der Waals surface area contributed by atoms with Crippen LogP contribution in [0.2, 0.25) is 0 Å². The van der Waals surface area contributed by atoms with Crippen LogP contribution < -0.4 is 0 Å². The summed E-state index contributed by atoms with van der Waals surface area (Å²) in [5.41, 5.74) is 0. The van der Waals surface area contributed by atoms with Crippen LogP contribution in [0.1, 0.15) is 46.5 Å². The first-order valence-electron chi connectivity index (χ1n) is 4.40. The third-order valence-corrected chi connectivity index (χ3v) is 2.14. The molecule has 0 aliphatic carbocycles. The first kappa shape index (κ1) is 9.96. The van der Waals surface area contributed by atoms with Gasteiger partial charge in [0, 0.05) is 0 Å². The van der Waals surface area contributed by atoms with Crippen LogP contribution in [0.5, 0.6) is 0 Å². The number of aliphatic hydroxyl groups excluding tert-OH is 1. The summed E-state index contributed by atoms with van der Waals surface area (Å²) in [5, 5.41) is 9.24. The summed E-state index contributed by atoms with van der Waals surface area (Å²) in [7, 11) is 0. The van der Waals surface area contributed by atoms with Crippen LogP contribution in [-0.4, -0.2) is 11.2 Å². The molecule has 0 heterocycles. The lowest BCUT2D eigenvalue weighted by atomic mass is 9.95. The van der Waals surface area contributed by atoms with E-state index < -0.39 is 0 Å². The molecule has 0 aliphatic heterocycles. The van der Waals surface area contributed by atoms with E-state index in [2.05, 4.69) is 13.8 Å². The van der Waals surface area contributed by atoms with Gasteiger partial charge in [-0.3, -0.25) is 0 Å². The van der Waals surface area contributed by atoms with Gasteiger partial charge in [-0.25, -0.2) is 0 Å². The molecule has 0 aliphatic rings. The lowest BCUT2D eigenvalue weighted by Crippen LogP contribution is -2.15. The van der Waals surface area contributed by atoms with Crippen molar-refractivity contribution in [2.45, 2.75) is 52.6 Å². The van der Waals surface area contributed by atoms with Crippen LogP contribution in [-0.2, 0) is 0 Å². The summed E-state index contributed by atoms with van der Waals surface area (Å²) in [6, 6.07) is 0. The second-order valence-electron chi connectivity index (χ2n) is 3.05. The second-order valence-corrected chi connectivity index (χ2v) is 3.05. The standard InChI is InChI=1S/C9H20O/c1-4-6-7-9(5-2)8(3)10/h8-10H,4-7H2,1-3H3/t8-,9+/m0/s1. The Hall–Kier alpha value is -0.0400. The molecule has 0 radical (unpaired) electrons. The van der Waals surface area contributed by atoms with Crippen LogP contribution in [0, 0.1) is 5.92 Å². The van der Waals surface area contributed by atoms with Crippen LogP contribution in [0.15, 0.2) is 0 Å². The molecule has 0 rings (SSSR count). The van der Waals surface area contributed by atoms with E-state index in [1.807, 2.05) is 6.92 Å². The molecule has 2 atom stereocenters. The topological polar surface area (TPSA) is 20.2 Å². The fourth-order valence-electron chi connectivity index (χ4n) is 1.25. The van der Waals surface area contributed by atoms with Gasteiger partial charge < -0.3 is 5.11 Å². The molecule has 0 aromatic heterocycles. The second kappa shape index (κ2) is 5.72. The third-order valence-electron chi connectivity index (χ3n) is 2.14. The fraction of sp³-hybridized carbons (Fsp3) is 1.00. The van der Waals surface area contributed by atoms with Crippen molar-refractivity contribution in [3.8, 4) is 0 Å². The number of unbranched alkanes of at least 4 members (excludes halogenated alkanes) is 1. The van der Waals surface area contributed by atoms with Crippen molar-refractivity contribution in [1.29, 1.82) is 0 Å². The van der Waals surface area contributed by atoms with Crippen molar-refractivity contribution in [2.75, 3.05) is 0 Å². The Labute approximate surface area is 64.5 Å². The van der Waals surface area contributed by atoms with Crippen molar-refractivity contribution < 1.29 is 5.11 Å². The smallest absolute Gasteiger partial charge is 0.0540 e. The highest BCUT2D eigenvalue weighted by molar-refractivity contribution is 4.62. The molecule has 0 fully saturated rings. The largest absolute Gasteiger partial charge is 0.393 e. The van der Waals surface area contributed by atoms with Gasteiger partial charge in [0.25, 0.3) is 0 Å². The van der Waals surface area contributed by atoms with E-state index in [0.717, 1.165) is 6.42 Å². The highest BCUT2D eigenvalue weighted by atomic mass is 16.3. The van der Waals surface area contributed by atoms with Gasteiger partial charge in [0.15, 0.2) is 0 Å². The summed E-state index contributed by atoms with van der Waals surface area (Å²) in [6.45, 7) is 6.23. The van der Waals surface area contributed by atoms with Gasteiger partial charge in [-0.1, -0.05) is 33.1 Å². The molecule has 62 valence electrons. The molecule has 1 nitrogen and oxygen atoms in total. The molecule has 0 saturated carbocycles. The Balaban J connectivity index is 3.40. The maximum atomic E-state index is 9.24. The maximum absolute atomic E-state index is 9.24. The van der Waals surface area contributed by atoms with Crippen molar-refractivity contribution in [3.05, 3.63) is 0 Å². The van der Waals surface area contributed by atoms with E-state index in [4.69, 9.17) is 0 Å². The summed E-state index contributed by atoms with van der Waals surface area (Å²) in [6.07, 6.45) is 4.67. The molecule has 1 N–H and O–H groups in total. The van der Waals surface area contributed by atoms with E-state index >= 15 is 0 Å². The number of hydrogen-bond acceptors (Lipinski definition) is 1. The molecular formula is C9H20O. The monoisotopic (exact) mass is 144 g/mol. The Morgan fingerprint density at radius 2 is 1.90 bits per heavy atom. The third kappa shape index (κ3) is 3.89. The quantitative estimate of drug-likeness (QED) is 0.628. The van der Waals surface area contributed by atoms with E-state index in [0.29, 0.717) is 5.92 Å². The summed E-state index contributed by atoms with van der Waals surface area (Å²) in [4.78, 5) is 0. The lowest BCUT2D eigenvalue weighted by molar-refractivity contribution is 0.116. The predicted octanol–water partition coefficient (Wildman–Crippen LogP) is 2.58. The highest BCUT2D eigenvalue weighted by Crippen LogP contribution is 2.15. The lowest BCUT2D eigenvalue weighted by Gasteiger charge is -2.16. The Kier molecular flexibility index (Phi) is 5.70. The Morgan fingerprint density at radius 3 is 2.20 bits per heavy atom. The van der Waals surface area contributed by atoms with Crippen LogP contribution in [0.3, 0.4) is 0 Å². The Bertz CT molecular complexity index is 69.1. The van der Waals surface area contributed by atoms with Crippen LogP contribution in [0.25, 0.3) is 0 Å². The zero-order valence-corrected chi connectivity index (χ0v) is 7.43. The number of rotatable bonds is 5. The molecule has 0 spiro atoms. The molecule has 0 aromatic carbocycles. The summed E-state index contributed by atoms with van der Waals surface area (Å²) < 4.78 is 0. The first-order chi connectivity index (χ1) is 4.72. The number of aliphatic hydroxyl groups is 1. The van der Waals surface area contributed by atoms with E-state index in [1.54, 1.807) is 0 Å². The van der Waals surface area contributed by atoms with E-state index in [1.165, 1.54) is 19.3 Å². The van der Waals surface area contributed by atoms with Crippen molar-refractivity contribution in [1.82, 2.24) is 0 Å². The molecular weight excluding hydrogens is 124 g/mol. The average Bonchev–Trinajstić information content (AvgIpc) is 1.89. The molecule has 0 amide bonds. The predicted molar refractivity (Wildman–Crippen MR) is 45.0 cm³/mol.